The van der Waals surface area contributed by atoms with Crippen LogP contribution in [0.5, 0.6) is 0 Å². The number of carbonyl (C=O) groups is 1. The number of carbonyl (C=O) groups excluding carboxylic acids is 1. The first kappa shape index (κ1) is 13.0. The molecule has 3 aromatic rings. The Morgan fingerprint density at radius 2 is 2.18 bits per heavy atom. The lowest BCUT2D eigenvalue weighted by Crippen LogP contribution is -2.40. The highest BCUT2D eigenvalue weighted by Gasteiger charge is 2.36. The molecule has 0 saturated carbocycles. The summed E-state index contributed by atoms with van der Waals surface area (Å²) in [5, 5.41) is 1.21. The number of H-pyrrole nitrogens is 1. The summed E-state index contributed by atoms with van der Waals surface area (Å²) in [7, 11) is 1.41. The molecule has 22 heavy (non-hydrogen) atoms. The monoisotopic (exact) mass is 296 g/mol. The van der Waals surface area contributed by atoms with E-state index in [1.54, 1.807) is 11.2 Å². The average Bonchev–Trinajstić information content (AvgIpc) is 3.20. The highest BCUT2D eigenvalue weighted by Crippen LogP contribution is 2.38. The van der Waals surface area contributed by atoms with Gasteiger partial charge >= 0.3 is 6.09 Å². The number of furan rings is 1. The van der Waals surface area contributed by atoms with Crippen LogP contribution in [0, 0.1) is 0 Å². The zero-order chi connectivity index (χ0) is 15.1. The van der Waals surface area contributed by atoms with Crippen molar-refractivity contribution in [3.8, 4) is 0 Å². The Balaban J connectivity index is 1.91. The first-order valence-corrected chi connectivity index (χ1v) is 7.27. The number of methoxy groups -OCH3 is 1. The lowest BCUT2D eigenvalue weighted by atomic mass is 9.96. The topological polar surface area (TPSA) is 58.5 Å². The SMILES string of the molecule is COC(=O)N1CCc2c([nH]c3ccccc23)C1c1ccco1. The molecule has 1 unspecified atom stereocenters. The van der Waals surface area contributed by atoms with Crippen molar-refractivity contribution in [1.29, 1.82) is 0 Å². The molecule has 0 spiro atoms. The molecular weight excluding hydrogens is 280 g/mol. The third-order valence-electron chi connectivity index (χ3n) is 4.26. The predicted molar refractivity (Wildman–Crippen MR) is 81.7 cm³/mol. The Morgan fingerprint density at radius 1 is 1.32 bits per heavy atom. The maximum atomic E-state index is 12.1. The van der Waals surface area contributed by atoms with E-state index in [-0.39, 0.29) is 12.1 Å². The number of aromatic amines is 1. The number of hydrogen-bond acceptors (Lipinski definition) is 3. The van der Waals surface area contributed by atoms with E-state index in [9.17, 15) is 4.79 Å². The molecule has 0 saturated heterocycles. The number of fused-ring (bicyclic) bond motifs is 3. The van der Waals surface area contributed by atoms with Crippen molar-refractivity contribution >= 4 is 17.0 Å². The van der Waals surface area contributed by atoms with Crippen LogP contribution in [0.25, 0.3) is 10.9 Å². The van der Waals surface area contributed by atoms with E-state index < -0.39 is 0 Å². The zero-order valence-electron chi connectivity index (χ0n) is 12.2. The van der Waals surface area contributed by atoms with E-state index >= 15 is 0 Å². The summed E-state index contributed by atoms with van der Waals surface area (Å²) in [6, 6.07) is 11.6. The summed E-state index contributed by atoms with van der Waals surface area (Å²) >= 11 is 0. The number of ether oxygens (including phenoxy) is 1. The quantitative estimate of drug-likeness (QED) is 0.748. The second-order valence-corrected chi connectivity index (χ2v) is 5.39. The van der Waals surface area contributed by atoms with E-state index in [1.807, 2.05) is 24.3 Å². The largest absolute Gasteiger partial charge is 0.467 e. The molecule has 0 radical (unpaired) electrons. The van der Waals surface area contributed by atoms with Crippen molar-refractivity contribution in [2.45, 2.75) is 12.5 Å². The van der Waals surface area contributed by atoms with Crippen LogP contribution in [0.4, 0.5) is 4.79 Å². The normalized spacial score (nSPS) is 17.5. The molecule has 1 aromatic carbocycles. The first-order valence-electron chi connectivity index (χ1n) is 7.27. The zero-order valence-corrected chi connectivity index (χ0v) is 12.2. The van der Waals surface area contributed by atoms with Crippen molar-refractivity contribution in [2.24, 2.45) is 0 Å². The van der Waals surface area contributed by atoms with Crippen LogP contribution < -0.4 is 0 Å². The molecule has 0 aliphatic carbocycles. The fourth-order valence-electron chi connectivity index (χ4n) is 3.30. The van der Waals surface area contributed by atoms with E-state index in [4.69, 9.17) is 9.15 Å². The maximum absolute atomic E-state index is 12.1. The van der Waals surface area contributed by atoms with Gasteiger partial charge in [-0.1, -0.05) is 18.2 Å². The molecule has 1 aliphatic rings. The highest BCUT2D eigenvalue weighted by molar-refractivity contribution is 5.86. The smallest absolute Gasteiger partial charge is 0.410 e. The molecule has 1 aliphatic heterocycles. The number of rotatable bonds is 1. The minimum Gasteiger partial charge on any atom is -0.467 e. The summed E-state index contributed by atoms with van der Waals surface area (Å²) in [5.41, 5.74) is 3.33. The van der Waals surface area contributed by atoms with Gasteiger partial charge in [-0.3, -0.25) is 4.90 Å². The van der Waals surface area contributed by atoms with Gasteiger partial charge in [-0.05, 0) is 30.2 Å². The summed E-state index contributed by atoms with van der Waals surface area (Å²) in [5.74, 6) is 0.734. The molecule has 1 amide bonds. The number of benzene rings is 1. The Hall–Kier alpha value is -2.69. The summed E-state index contributed by atoms with van der Waals surface area (Å²) in [6.45, 7) is 0.604. The van der Waals surface area contributed by atoms with Gasteiger partial charge in [0.05, 0.1) is 19.1 Å². The van der Waals surface area contributed by atoms with E-state index in [0.29, 0.717) is 6.54 Å². The van der Waals surface area contributed by atoms with E-state index in [1.165, 1.54) is 18.1 Å². The Labute approximate surface area is 127 Å². The Morgan fingerprint density at radius 3 is 2.95 bits per heavy atom. The average molecular weight is 296 g/mol. The van der Waals surface area contributed by atoms with Crippen LogP contribution in [-0.2, 0) is 11.2 Å². The Kier molecular flexibility index (Phi) is 2.92. The van der Waals surface area contributed by atoms with Crippen molar-refractivity contribution in [3.05, 3.63) is 59.7 Å². The van der Waals surface area contributed by atoms with E-state index in [0.717, 1.165) is 23.4 Å². The molecule has 5 nitrogen and oxygen atoms in total. The van der Waals surface area contributed by atoms with Crippen LogP contribution in [0.15, 0.2) is 47.1 Å². The third-order valence-corrected chi connectivity index (χ3v) is 4.26. The van der Waals surface area contributed by atoms with Gasteiger partial charge in [-0.25, -0.2) is 4.79 Å². The Bertz CT molecular complexity index is 820. The number of para-hydroxylation sites is 1. The minimum absolute atomic E-state index is 0.279. The molecule has 0 bridgehead atoms. The molecule has 0 fully saturated rings. The molecule has 4 rings (SSSR count). The summed E-state index contributed by atoms with van der Waals surface area (Å²) < 4.78 is 10.5. The van der Waals surface area contributed by atoms with Gasteiger partial charge in [0.25, 0.3) is 0 Å². The molecular formula is C17H16N2O3. The van der Waals surface area contributed by atoms with Gasteiger partial charge in [0.15, 0.2) is 0 Å². The number of nitrogens with zero attached hydrogens (tertiary/aromatic N) is 1. The molecule has 3 heterocycles. The van der Waals surface area contributed by atoms with Gasteiger partial charge in [0, 0.05) is 17.4 Å². The third kappa shape index (κ3) is 1.82. The van der Waals surface area contributed by atoms with Crippen molar-refractivity contribution < 1.29 is 13.9 Å². The van der Waals surface area contributed by atoms with Crippen molar-refractivity contribution in [2.75, 3.05) is 13.7 Å². The van der Waals surface area contributed by atoms with Crippen LogP contribution in [0.3, 0.4) is 0 Å². The number of nitrogens with one attached hydrogen (secondary N) is 1. The number of amides is 1. The number of hydrogen-bond donors (Lipinski definition) is 1. The highest BCUT2D eigenvalue weighted by atomic mass is 16.5. The van der Waals surface area contributed by atoms with Crippen LogP contribution in [0.1, 0.15) is 23.1 Å². The molecule has 2 aromatic heterocycles. The molecule has 1 N–H and O–H groups in total. The number of aromatic nitrogens is 1. The van der Waals surface area contributed by atoms with Crippen molar-refractivity contribution in [1.82, 2.24) is 9.88 Å². The lowest BCUT2D eigenvalue weighted by molar-refractivity contribution is 0.103. The van der Waals surface area contributed by atoms with Crippen LogP contribution >= 0.6 is 0 Å². The van der Waals surface area contributed by atoms with Crippen molar-refractivity contribution in [3.63, 3.8) is 0 Å². The van der Waals surface area contributed by atoms with Gasteiger partial charge in [-0.2, -0.15) is 0 Å². The van der Waals surface area contributed by atoms with Gasteiger partial charge in [0.1, 0.15) is 11.8 Å². The van der Waals surface area contributed by atoms with Gasteiger partial charge in [0.2, 0.25) is 0 Å². The molecule has 112 valence electrons. The molecule has 1 atom stereocenters. The van der Waals surface area contributed by atoms with E-state index in [2.05, 4.69) is 17.1 Å². The summed E-state index contributed by atoms with van der Waals surface area (Å²) in [4.78, 5) is 17.3. The van der Waals surface area contributed by atoms with Gasteiger partial charge in [-0.15, -0.1) is 0 Å². The fraction of sp³-hybridized carbons (Fsp3) is 0.235. The predicted octanol–water partition coefficient (Wildman–Crippen LogP) is 3.47. The molecule has 5 heteroatoms. The van der Waals surface area contributed by atoms with Crippen LogP contribution in [0.2, 0.25) is 0 Å². The lowest BCUT2D eigenvalue weighted by Gasteiger charge is -2.33. The van der Waals surface area contributed by atoms with Crippen LogP contribution in [-0.4, -0.2) is 29.6 Å². The minimum atomic E-state index is -0.342. The first-order chi connectivity index (χ1) is 10.8. The second-order valence-electron chi connectivity index (χ2n) is 5.39. The van der Waals surface area contributed by atoms with Gasteiger partial charge < -0.3 is 14.1 Å². The standard InChI is InChI=1S/C17H16N2O3/c1-21-17(20)19-9-8-12-11-5-2-3-6-13(11)18-15(12)16(19)14-7-4-10-22-14/h2-7,10,16,18H,8-9H2,1H3. The fourth-order valence-corrected chi connectivity index (χ4v) is 3.30. The second kappa shape index (κ2) is 4.94. The summed E-state index contributed by atoms with van der Waals surface area (Å²) in [6.07, 6.45) is 2.08. The maximum Gasteiger partial charge on any atom is 0.410 e.